The molecule has 2 aliphatic heterocycles. The highest BCUT2D eigenvalue weighted by atomic mass is 32.2. The van der Waals surface area contributed by atoms with Crippen molar-refractivity contribution in [3.63, 3.8) is 0 Å². The van der Waals surface area contributed by atoms with E-state index in [1.165, 1.54) is 0 Å². The third-order valence-corrected chi connectivity index (χ3v) is 4.94. The van der Waals surface area contributed by atoms with E-state index in [-0.39, 0.29) is 24.5 Å². The topological polar surface area (TPSA) is 79.6 Å². The summed E-state index contributed by atoms with van der Waals surface area (Å²) in [5.74, 6) is 0.898. The second kappa shape index (κ2) is 6.58. The van der Waals surface area contributed by atoms with Gasteiger partial charge in [-0.2, -0.15) is 5.26 Å². The maximum Gasteiger partial charge on any atom is 0.293 e. The van der Waals surface area contributed by atoms with Crippen LogP contribution in [0.2, 0.25) is 0 Å². The Bertz CT molecular complexity index is 993. The molecule has 2 amide bonds. The Balaban J connectivity index is 1.58. The number of rotatable bonds is 3. The monoisotopic (exact) mass is 364 g/mol. The summed E-state index contributed by atoms with van der Waals surface area (Å²) in [6.07, 6.45) is 1.66. The van der Waals surface area contributed by atoms with Gasteiger partial charge in [0.25, 0.3) is 11.1 Å². The molecule has 0 saturated carbocycles. The number of nitriles is 1. The fourth-order valence-electron chi connectivity index (χ4n) is 2.73. The van der Waals surface area contributed by atoms with Crippen molar-refractivity contribution in [2.75, 3.05) is 6.79 Å². The van der Waals surface area contributed by atoms with Gasteiger partial charge in [0.15, 0.2) is 11.5 Å². The van der Waals surface area contributed by atoms with Crippen molar-refractivity contribution in [1.82, 2.24) is 4.90 Å². The normalized spacial score (nSPS) is 17.0. The van der Waals surface area contributed by atoms with Crippen LogP contribution in [0.15, 0.2) is 47.4 Å². The molecule has 0 radical (unpaired) electrons. The minimum Gasteiger partial charge on any atom is -0.454 e. The zero-order valence-corrected chi connectivity index (χ0v) is 14.3. The Morgan fingerprint density at radius 2 is 1.96 bits per heavy atom. The molecule has 0 bridgehead atoms. The Morgan fingerprint density at radius 3 is 2.81 bits per heavy atom. The molecule has 0 unspecified atom stereocenters. The van der Waals surface area contributed by atoms with Crippen LogP contribution in [0.5, 0.6) is 11.5 Å². The largest absolute Gasteiger partial charge is 0.454 e. The molecular weight excluding hydrogens is 352 g/mol. The Labute approximate surface area is 153 Å². The molecule has 0 spiro atoms. The highest BCUT2D eigenvalue weighted by Gasteiger charge is 2.35. The first-order chi connectivity index (χ1) is 12.7. The standard InChI is InChI=1S/C19H12N2O4S/c20-9-13-3-1-2-4-14(13)10-21-18(22)17(26-19(21)23)8-12-5-6-15-16(7-12)25-11-24-15/h1-8H,10-11H2/b17-8+. The molecule has 0 aliphatic carbocycles. The maximum atomic E-state index is 12.6. The summed E-state index contributed by atoms with van der Waals surface area (Å²) in [4.78, 5) is 26.4. The molecule has 2 aliphatic rings. The number of hydrogen-bond acceptors (Lipinski definition) is 6. The average Bonchev–Trinajstić information content (AvgIpc) is 3.22. The van der Waals surface area contributed by atoms with Crippen LogP contribution in [-0.4, -0.2) is 22.8 Å². The van der Waals surface area contributed by atoms with Crippen LogP contribution in [0.3, 0.4) is 0 Å². The van der Waals surface area contributed by atoms with E-state index >= 15 is 0 Å². The van der Waals surface area contributed by atoms with Gasteiger partial charge in [-0.05, 0) is 47.2 Å². The number of benzene rings is 2. The van der Waals surface area contributed by atoms with E-state index in [4.69, 9.17) is 9.47 Å². The molecule has 0 aromatic heterocycles. The molecule has 2 aromatic carbocycles. The number of fused-ring (bicyclic) bond motifs is 1. The fourth-order valence-corrected chi connectivity index (χ4v) is 3.57. The second-order valence-corrected chi connectivity index (χ2v) is 6.64. The van der Waals surface area contributed by atoms with Gasteiger partial charge in [0.05, 0.1) is 23.1 Å². The van der Waals surface area contributed by atoms with E-state index in [1.807, 2.05) is 0 Å². The average molecular weight is 364 g/mol. The van der Waals surface area contributed by atoms with Gasteiger partial charge >= 0.3 is 0 Å². The van der Waals surface area contributed by atoms with Crippen molar-refractivity contribution in [1.29, 1.82) is 5.26 Å². The molecule has 1 saturated heterocycles. The molecule has 6 nitrogen and oxygen atoms in total. The zero-order chi connectivity index (χ0) is 18.1. The number of thioether (sulfide) groups is 1. The number of hydrogen-bond donors (Lipinski definition) is 0. The molecule has 0 N–H and O–H groups in total. The number of amides is 2. The first-order valence-corrected chi connectivity index (χ1v) is 8.60. The molecule has 26 heavy (non-hydrogen) atoms. The van der Waals surface area contributed by atoms with Crippen LogP contribution in [0.1, 0.15) is 16.7 Å². The predicted octanol–water partition coefficient (Wildman–Crippen LogP) is 3.52. The van der Waals surface area contributed by atoms with Gasteiger partial charge in [-0.1, -0.05) is 24.3 Å². The highest BCUT2D eigenvalue weighted by molar-refractivity contribution is 8.18. The quantitative estimate of drug-likeness (QED) is 0.775. The number of ether oxygens (including phenoxy) is 2. The molecular formula is C19H12N2O4S. The third kappa shape index (κ3) is 2.91. The lowest BCUT2D eigenvalue weighted by Gasteiger charge is -2.13. The molecule has 128 valence electrons. The molecule has 2 heterocycles. The summed E-state index contributed by atoms with van der Waals surface area (Å²) in [5, 5.41) is 8.82. The summed E-state index contributed by atoms with van der Waals surface area (Å²) in [5.41, 5.74) is 1.84. The number of nitrogens with zero attached hydrogens (tertiary/aromatic N) is 2. The number of carbonyl (C=O) groups excluding carboxylic acids is 2. The van der Waals surface area contributed by atoms with Crippen molar-refractivity contribution >= 4 is 29.0 Å². The summed E-state index contributed by atoms with van der Waals surface area (Å²) in [6, 6.07) is 14.3. The van der Waals surface area contributed by atoms with E-state index in [0.717, 1.165) is 22.2 Å². The van der Waals surface area contributed by atoms with Gasteiger partial charge in [0.1, 0.15) is 0 Å². The first-order valence-electron chi connectivity index (χ1n) is 7.79. The van der Waals surface area contributed by atoms with Gasteiger partial charge in [-0.3, -0.25) is 14.5 Å². The fraction of sp³-hybridized carbons (Fsp3) is 0.105. The lowest BCUT2D eigenvalue weighted by Crippen LogP contribution is -2.27. The minimum absolute atomic E-state index is 0.0763. The van der Waals surface area contributed by atoms with Crippen molar-refractivity contribution in [2.45, 2.75) is 6.54 Å². The Morgan fingerprint density at radius 1 is 1.15 bits per heavy atom. The third-order valence-electron chi connectivity index (χ3n) is 4.03. The molecule has 2 aromatic rings. The van der Waals surface area contributed by atoms with Crippen LogP contribution in [0, 0.1) is 11.3 Å². The van der Waals surface area contributed by atoms with Crippen LogP contribution < -0.4 is 9.47 Å². The smallest absolute Gasteiger partial charge is 0.293 e. The lowest BCUT2D eigenvalue weighted by molar-refractivity contribution is -0.123. The van der Waals surface area contributed by atoms with E-state index in [9.17, 15) is 14.9 Å². The molecule has 1 fully saturated rings. The SMILES string of the molecule is N#Cc1ccccc1CN1C(=O)S/C(=C/c2ccc3c(c2)OCO3)C1=O. The minimum atomic E-state index is -0.370. The second-order valence-electron chi connectivity index (χ2n) is 5.65. The maximum absolute atomic E-state index is 12.6. The van der Waals surface area contributed by atoms with E-state index in [0.29, 0.717) is 27.5 Å². The summed E-state index contributed by atoms with van der Waals surface area (Å²) >= 11 is 0.886. The van der Waals surface area contributed by atoms with Crippen LogP contribution in [0.25, 0.3) is 6.08 Å². The van der Waals surface area contributed by atoms with Crippen LogP contribution >= 0.6 is 11.8 Å². The first kappa shape index (κ1) is 16.2. The van der Waals surface area contributed by atoms with Crippen molar-refractivity contribution in [3.05, 3.63) is 64.1 Å². The zero-order valence-electron chi connectivity index (χ0n) is 13.5. The van der Waals surface area contributed by atoms with Gasteiger partial charge in [-0.15, -0.1) is 0 Å². The van der Waals surface area contributed by atoms with Crippen molar-refractivity contribution < 1.29 is 19.1 Å². The van der Waals surface area contributed by atoms with Crippen molar-refractivity contribution in [3.8, 4) is 17.6 Å². The lowest BCUT2D eigenvalue weighted by atomic mass is 10.1. The van der Waals surface area contributed by atoms with Crippen molar-refractivity contribution in [2.24, 2.45) is 0 Å². The Hall–Kier alpha value is -3.24. The summed E-state index contributed by atoms with van der Waals surface area (Å²) in [6.45, 7) is 0.250. The van der Waals surface area contributed by atoms with Gasteiger partial charge < -0.3 is 9.47 Å². The van der Waals surface area contributed by atoms with Gasteiger partial charge in [0, 0.05) is 0 Å². The predicted molar refractivity (Wildman–Crippen MR) is 95.2 cm³/mol. The van der Waals surface area contributed by atoms with Crippen LogP contribution in [0.4, 0.5) is 4.79 Å². The van der Waals surface area contributed by atoms with E-state index < -0.39 is 0 Å². The van der Waals surface area contributed by atoms with Gasteiger partial charge in [0.2, 0.25) is 6.79 Å². The molecule has 4 rings (SSSR count). The molecule has 7 heteroatoms. The highest BCUT2D eigenvalue weighted by Crippen LogP contribution is 2.36. The molecule has 0 atom stereocenters. The summed E-state index contributed by atoms with van der Waals surface area (Å²) < 4.78 is 10.6. The van der Waals surface area contributed by atoms with Gasteiger partial charge in [-0.25, -0.2) is 0 Å². The van der Waals surface area contributed by atoms with E-state index in [1.54, 1.807) is 48.5 Å². The van der Waals surface area contributed by atoms with E-state index in [2.05, 4.69) is 6.07 Å². The Kier molecular flexibility index (Phi) is 4.11. The van der Waals surface area contributed by atoms with Crippen LogP contribution in [-0.2, 0) is 11.3 Å². The number of imide groups is 1. The summed E-state index contributed by atoms with van der Waals surface area (Å²) in [7, 11) is 0. The number of carbonyl (C=O) groups is 2.